The van der Waals surface area contributed by atoms with Crippen LogP contribution in [0.1, 0.15) is 23.6 Å². The molecular formula is C12H13ClFN3O. The second-order valence-electron chi connectivity index (χ2n) is 3.91. The van der Waals surface area contributed by atoms with Crippen LogP contribution in [0.15, 0.2) is 24.4 Å². The summed E-state index contributed by atoms with van der Waals surface area (Å²) in [5.74, 6) is 0.162. The molecule has 0 aliphatic rings. The third-order valence-electron chi connectivity index (χ3n) is 2.56. The minimum Gasteiger partial charge on any atom is -0.497 e. The summed E-state index contributed by atoms with van der Waals surface area (Å²) in [6.45, 7) is 2.12. The number of hydrogen-bond acceptors (Lipinski definition) is 3. The first-order chi connectivity index (χ1) is 8.60. The number of halogens is 2. The van der Waals surface area contributed by atoms with Gasteiger partial charge in [0.15, 0.2) is 0 Å². The van der Waals surface area contributed by atoms with Crippen molar-refractivity contribution < 1.29 is 9.13 Å². The van der Waals surface area contributed by atoms with Crippen molar-refractivity contribution in [3.8, 4) is 5.75 Å². The molecule has 1 aromatic carbocycles. The highest BCUT2D eigenvalue weighted by molar-refractivity contribution is 6.20. The molecule has 2 rings (SSSR count). The van der Waals surface area contributed by atoms with Gasteiger partial charge in [0.2, 0.25) is 0 Å². The highest BCUT2D eigenvalue weighted by Crippen LogP contribution is 2.18. The molecule has 0 aliphatic carbocycles. The van der Waals surface area contributed by atoms with E-state index in [9.17, 15) is 4.39 Å². The number of hydrogen-bond donors (Lipinski definition) is 0. The summed E-state index contributed by atoms with van der Waals surface area (Å²) in [5, 5.41) is 7.60. The predicted octanol–water partition coefficient (Wildman–Crippen LogP) is 2.77. The van der Waals surface area contributed by atoms with Crippen molar-refractivity contribution in [2.24, 2.45) is 0 Å². The van der Waals surface area contributed by atoms with Crippen LogP contribution in [0.25, 0.3) is 0 Å². The topological polar surface area (TPSA) is 39.9 Å². The molecule has 0 amide bonds. The lowest BCUT2D eigenvalue weighted by atomic mass is 10.2. The van der Waals surface area contributed by atoms with Gasteiger partial charge in [0.1, 0.15) is 17.3 Å². The summed E-state index contributed by atoms with van der Waals surface area (Å²) in [4.78, 5) is 0. The van der Waals surface area contributed by atoms with Gasteiger partial charge < -0.3 is 4.74 Å². The Morgan fingerprint density at radius 3 is 2.83 bits per heavy atom. The first-order valence-corrected chi connectivity index (χ1v) is 5.90. The molecule has 6 heteroatoms. The summed E-state index contributed by atoms with van der Waals surface area (Å²) < 4.78 is 20.2. The molecule has 0 saturated heterocycles. The number of ether oxygens (including phenoxy) is 1. The molecule has 1 atom stereocenters. The largest absolute Gasteiger partial charge is 0.497 e. The van der Waals surface area contributed by atoms with E-state index in [4.69, 9.17) is 16.3 Å². The van der Waals surface area contributed by atoms with Crippen LogP contribution in [-0.2, 0) is 6.54 Å². The lowest BCUT2D eigenvalue weighted by Crippen LogP contribution is -2.03. The Balaban J connectivity index is 2.17. The maximum atomic E-state index is 13.7. The molecule has 4 nitrogen and oxygen atoms in total. The number of methoxy groups -OCH3 is 1. The molecule has 1 heterocycles. The van der Waals surface area contributed by atoms with E-state index < -0.39 is 0 Å². The van der Waals surface area contributed by atoms with Gasteiger partial charge in [-0.25, -0.2) is 9.07 Å². The summed E-state index contributed by atoms with van der Waals surface area (Å²) in [5.41, 5.74) is 1.19. The van der Waals surface area contributed by atoms with Crippen LogP contribution in [-0.4, -0.2) is 22.1 Å². The van der Waals surface area contributed by atoms with E-state index in [0.29, 0.717) is 23.6 Å². The normalized spacial score (nSPS) is 12.4. The third kappa shape index (κ3) is 2.79. The fourth-order valence-corrected chi connectivity index (χ4v) is 1.63. The van der Waals surface area contributed by atoms with E-state index in [2.05, 4.69) is 10.3 Å². The molecule has 0 saturated carbocycles. The van der Waals surface area contributed by atoms with Gasteiger partial charge in [-0.1, -0.05) is 11.3 Å². The van der Waals surface area contributed by atoms with Crippen LogP contribution in [0.4, 0.5) is 4.39 Å². The van der Waals surface area contributed by atoms with Gasteiger partial charge in [-0.05, 0) is 13.0 Å². The molecule has 0 bridgehead atoms. The molecule has 1 aromatic heterocycles. The van der Waals surface area contributed by atoms with Crippen LogP contribution in [0, 0.1) is 5.82 Å². The highest BCUT2D eigenvalue weighted by atomic mass is 35.5. The van der Waals surface area contributed by atoms with Gasteiger partial charge >= 0.3 is 0 Å². The number of rotatable bonds is 4. The fraction of sp³-hybridized carbons (Fsp3) is 0.333. The molecule has 1 unspecified atom stereocenters. The average molecular weight is 270 g/mol. The Labute approximate surface area is 109 Å². The van der Waals surface area contributed by atoms with Crippen molar-refractivity contribution in [1.82, 2.24) is 15.0 Å². The van der Waals surface area contributed by atoms with Gasteiger partial charge in [0, 0.05) is 11.6 Å². The lowest BCUT2D eigenvalue weighted by molar-refractivity contribution is 0.410. The lowest BCUT2D eigenvalue weighted by Gasteiger charge is -2.05. The first-order valence-electron chi connectivity index (χ1n) is 5.46. The monoisotopic (exact) mass is 269 g/mol. The highest BCUT2D eigenvalue weighted by Gasteiger charge is 2.09. The summed E-state index contributed by atoms with van der Waals surface area (Å²) in [6, 6.07) is 4.72. The fourth-order valence-electron chi connectivity index (χ4n) is 1.53. The summed E-state index contributed by atoms with van der Waals surface area (Å²) >= 11 is 5.88. The summed E-state index contributed by atoms with van der Waals surface area (Å²) in [6.07, 6.45) is 1.71. The first kappa shape index (κ1) is 12.8. The summed E-state index contributed by atoms with van der Waals surface area (Å²) in [7, 11) is 1.50. The Hall–Kier alpha value is -1.62. The zero-order valence-corrected chi connectivity index (χ0v) is 10.9. The predicted molar refractivity (Wildman–Crippen MR) is 66.3 cm³/mol. The molecular weight excluding hydrogens is 257 g/mol. The van der Waals surface area contributed by atoms with Gasteiger partial charge in [-0.15, -0.1) is 16.7 Å². The Bertz CT molecular complexity index is 542. The van der Waals surface area contributed by atoms with Crippen molar-refractivity contribution in [3.05, 3.63) is 41.5 Å². The second kappa shape index (κ2) is 5.35. The van der Waals surface area contributed by atoms with E-state index in [1.54, 1.807) is 23.0 Å². The van der Waals surface area contributed by atoms with Gasteiger partial charge in [0.05, 0.1) is 25.2 Å². The van der Waals surface area contributed by atoms with E-state index in [1.165, 1.54) is 13.2 Å². The Morgan fingerprint density at radius 1 is 1.50 bits per heavy atom. The molecule has 0 spiro atoms. The van der Waals surface area contributed by atoms with Crippen LogP contribution < -0.4 is 4.74 Å². The van der Waals surface area contributed by atoms with Crippen LogP contribution in [0.5, 0.6) is 5.75 Å². The van der Waals surface area contributed by atoms with Crippen LogP contribution in [0.3, 0.4) is 0 Å². The molecule has 0 N–H and O–H groups in total. The van der Waals surface area contributed by atoms with Crippen molar-refractivity contribution >= 4 is 11.6 Å². The van der Waals surface area contributed by atoms with Crippen LogP contribution >= 0.6 is 11.6 Å². The molecule has 2 aromatic rings. The van der Waals surface area contributed by atoms with Gasteiger partial charge in [0.25, 0.3) is 0 Å². The molecule has 18 heavy (non-hydrogen) atoms. The van der Waals surface area contributed by atoms with Crippen molar-refractivity contribution in [3.63, 3.8) is 0 Å². The molecule has 0 fully saturated rings. The van der Waals surface area contributed by atoms with Gasteiger partial charge in [-0.3, -0.25) is 0 Å². The number of benzene rings is 1. The zero-order chi connectivity index (χ0) is 13.1. The minimum atomic E-state index is -0.328. The SMILES string of the molecule is COc1ccc(Cn2cc(C(C)Cl)nn2)c(F)c1. The second-order valence-corrected chi connectivity index (χ2v) is 4.57. The smallest absolute Gasteiger partial charge is 0.131 e. The van der Waals surface area contributed by atoms with Crippen molar-refractivity contribution in [1.29, 1.82) is 0 Å². The van der Waals surface area contributed by atoms with E-state index >= 15 is 0 Å². The standard InChI is InChI=1S/C12H13ClFN3O/c1-8(13)12-7-17(16-15-12)6-9-3-4-10(18-2)5-11(9)14/h3-5,7-8H,6H2,1-2H3. The van der Waals surface area contributed by atoms with Crippen molar-refractivity contribution in [2.75, 3.05) is 7.11 Å². The third-order valence-corrected chi connectivity index (χ3v) is 2.78. The maximum absolute atomic E-state index is 13.7. The van der Waals surface area contributed by atoms with E-state index in [0.717, 1.165) is 0 Å². The van der Waals surface area contributed by atoms with Crippen LogP contribution in [0.2, 0.25) is 0 Å². The number of alkyl halides is 1. The average Bonchev–Trinajstić information content (AvgIpc) is 2.80. The van der Waals surface area contributed by atoms with E-state index in [-0.39, 0.29) is 11.2 Å². The Morgan fingerprint density at radius 2 is 2.28 bits per heavy atom. The molecule has 0 radical (unpaired) electrons. The quantitative estimate of drug-likeness (QED) is 0.802. The minimum absolute atomic E-state index is 0.209. The zero-order valence-electron chi connectivity index (χ0n) is 10.1. The van der Waals surface area contributed by atoms with Gasteiger partial charge in [-0.2, -0.15) is 0 Å². The van der Waals surface area contributed by atoms with Crippen molar-refractivity contribution in [2.45, 2.75) is 18.8 Å². The maximum Gasteiger partial charge on any atom is 0.131 e. The number of nitrogens with zero attached hydrogens (tertiary/aromatic N) is 3. The Kier molecular flexibility index (Phi) is 3.81. The number of aromatic nitrogens is 3. The molecule has 0 aliphatic heterocycles. The van der Waals surface area contributed by atoms with E-state index in [1.807, 2.05) is 6.92 Å². The molecule has 96 valence electrons.